The average molecular weight is 497 g/mol. The third-order valence-electron chi connectivity index (χ3n) is 7.56. The van der Waals surface area contributed by atoms with Crippen LogP contribution < -0.4 is 10.6 Å². The van der Waals surface area contributed by atoms with E-state index in [2.05, 4.69) is 72.2 Å². The van der Waals surface area contributed by atoms with E-state index in [1.807, 2.05) is 4.90 Å². The fourth-order valence-corrected chi connectivity index (χ4v) is 5.36. The second kappa shape index (κ2) is 10.2. The number of nitrogens with one attached hydrogen (secondary N) is 2. The van der Waals surface area contributed by atoms with E-state index in [0.29, 0.717) is 47.7 Å². The maximum Gasteiger partial charge on any atom is 0.245 e. The molecule has 10 heteroatoms. The summed E-state index contributed by atoms with van der Waals surface area (Å²) in [7, 11) is 2.14. The smallest absolute Gasteiger partial charge is 0.245 e. The largest absolute Gasteiger partial charge is 0.356 e. The molecular formula is C26H40N8O2. The van der Waals surface area contributed by atoms with Crippen molar-refractivity contribution >= 4 is 28.7 Å². The Bertz CT molecular complexity index is 1110. The summed E-state index contributed by atoms with van der Waals surface area (Å²) in [5.41, 5.74) is 1.04. The molecule has 0 spiro atoms. The fraction of sp³-hybridized carbons (Fsp3) is 0.692. The molecule has 36 heavy (non-hydrogen) atoms. The van der Waals surface area contributed by atoms with Crippen LogP contribution in [0, 0.1) is 0 Å². The van der Waals surface area contributed by atoms with Gasteiger partial charge in [0.05, 0.1) is 18.3 Å². The van der Waals surface area contributed by atoms with Gasteiger partial charge >= 0.3 is 0 Å². The quantitative estimate of drug-likeness (QED) is 0.627. The van der Waals surface area contributed by atoms with Crippen LogP contribution >= 0.6 is 0 Å². The van der Waals surface area contributed by atoms with Gasteiger partial charge in [0.2, 0.25) is 11.8 Å². The number of nitrogens with zero attached hydrogens (tertiary/aromatic N) is 6. The van der Waals surface area contributed by atoms with E-state index in [0.717, 1.165) is 19.3 Å². The minimum absolute atomic E-state index is 0.0121. The molecule has 0 radical (unpaired) electrons. The summed E-state index contributed by atoms with van der Waals surface area (Å²) in [6, 6.07) is 0.338. The van der Waals surface area contributed by atoms with Crippen LogP contribution in [-0.4, -0.2) is 85.4 Å². The lowest BCUT2D eigenvalue weighted by Crippen LogP contribution is -2.58. The van der Waals surface area contributed by atoms with E-state index in [1.165, 1.54) is 6.33 Å². The van der Waals surface area contributed by atoms with Gasteiger partial charge in [-0.15, -0.1) is 0 Å². The van der Waals surface area contributed by atoms with Crippen LogP contribution in [0.2, 0.25) is 0 Å². The lowest BCUT2D eigenvalue weighted by Gasteiger charge is -2.44. The van der Waals surface area contributed by atoms with E-state index in [9.17, 15) is 9.59 Å². The van der Waals surface area contributed by atoms with Gasteiger partial charge in [-0.25, -0.2) is 19.9 Å². The summed E-state index contributed by atoms with van der Waals surface area (Å²) in [6.45, 7) is 12.7. The van der Waals surface area contributed by atoms with Crippen molar-refractivity contribution in [1.29, 1.82) is 0 Å². The second-order valence-corrected chi connectivity index (χ2v) is 11.5. The molecule has 0 aromatic carbocycles. The zero-order valence-electron chi connectivity index (χ0n) is 22.6. The third kappa shape index (κ3) is 5.43. The van der Waals surface area contributed by atoms with Gasteiger partial charge in [-0.05, 0) is 46.6 Å². The Hall–Kier alpha value is -2.88. The summed E-state index contributed by atoms with van der Waals surface area (Å²) < 4.78 is 0. The first kappa shape index (κ1) is 26.2. The molecule has 0 unspecified atom stereocenters. The van der Waals surface area contributed by atoms with Gasteiger partial charge in [0, 0.05) is 31.0 Å². The number of fused-ring (bicyclic) bond motifs is 1. The lowest BCUT2D eigenvalue weighted by molar-refractivity contribution is -0.133. The predicted octanol–water partition coefficient (Wildman–Crippen LogP) is 2.50. The molecule has 4 rings (SSSR count). The maximum atomic E-state index is 13.6. The monoisotopic (exact) mass is 496 g/mol. The van der Waals surface area contributed by atoms with Crippen LogP contribution in [0.15, 0.2) is 12.5 Å². The molecule has 0 bridgehead atoms. The Morgan fingerprint density at radius 3 is 2.58 bits per heavy atom. The zero-order chi connectivity index (χ0) is 26.2. The average Bonchev–Trinajstić information content (AvgIpc) is 3.17. The Labute approximate surface area is 213 Å². The van der Waals surface area contributed by atoms with Crippen molar-refractivity contribution in [2.45, 2.75) is 103 Å². The van der Waals surface area contributed by atoms with Crippen molar-refractivity contribution in [2.24, 2.45) is 0 Å². The molecule has 1 saturated carbocycles. The molecule has 1 saturated heterocycles. The maximum absolute atomic E-state index is 13.6. The van der Waals surface area contributed by atoms with Gasteiger partial charge < -0.3 is 20.4 Å². The van der Waals surface area contributed by atoms with Crippen molar-refractivity contribution in [3.05, 3.63) is 18.3 Å². The number of amides is 2. The number of carbonyl (C=O) groups is 2. The topological polar surface area (TPSA) is 116 Å². The van der Waals surface area contributed by atoms with Crippen LogP contribution in [0.1, 0.15) is 73.1 Å². The molecule has 10 nitrogen and oxygen atoms in total. The molecule has 196 valence electrons. The van der Waals surface area contributed by atoms with E-state index in [-0.39, 0.29) is 29.3 Å². The first-order chi connectivity index (χ1) is 17.0. The summed E-state index contributed by atoms with van der Waals surface area (Å²) in [6.07, 6.45) is 6.55. The number of aromatic nitrogens is 4. The Morgan fingerprint density at radius 2 is 1.92 bits per heavy atom. The number of hydrogen-bond acceptors (Lipinski definition) is 8. The Kier molecular flexibility index (Phi) is 7.45. The van der Waals surface area contributed by atoms with Gasteiger partial charge in [0.25, 0.3) is 0 Å². The summed E-state index contributed by atoms with van der Waals surface area (Å²) in [4.78, 5) is 47.9. The number of hydrogen-bond donors (Lipinski definition) is 2. The van der Waals surface area contributed by atoms with Crippen LogP contribution in [-0.2, 0) is 15.0 Å². The van der Waals surface area contributed by atoms with Gasteiger partial charge in [0.15, 0.2) is 5.82 Å². The van der Waals surface area contributed by atoms with Crippen molar-refractivity contribution in [3.8, 4) is 0 Å². The summed E-state index contributed by atoms with van der Waals surface area (Å²) >= 11 is 0. The van der Waals surface area contributed by atoms with Crippen molar-refractivity contribution in [3.63, 3.8) is 0 Å². The van der Waals surface area contributed by atoms with Crippen LogP contribution in [0.3, 0.4) is 0 Å². The highest BCUT2D eigenvalue weighted by Gasteiger charge is 2.43. The molecule has 3 heterocycles. The molecule has 1 aliphatic carbocycles. The minimum atomic E-state index is -0.398. The molecule has 2 N–H and O–H groups in total. The first-order valence-electron chi connectivity index (χ1n) is 13.0. The van der Waals surface area contributed by atoms with E-state index in [4.69, 9.17) is 4.98 Å². The molecule has 2 aromatic rings. The molecule has 2 aromatic heterocycles. The highest BCUT2D eigenvalue weighted by molar-refractivity contribution is 5.91. The van der Waals surface area contributed by atoms with E-state index in [1.54, 1.807) is 13.1 Å². The standard InChI is InChI=1S/C26H40N8O2/c1-15(2)33(7)17-8-9-21(19(12-17)30-16(3)35)34-11-10-18(24(34)36)31-23-22-20(28-14-29-23)13-27-25(32-22)26(4,5)6/h13-15,17-19,21H,8-12H2,1-7H3,(H,30,35)(H,28,29,31)/t17-,18+,19-,21+/m1/s1. The molecular weight excluding hydrogens is 456 g/mol. The van der Waals surface area contributed by atoms with Crippen molar-refractivity contribution in [2.75, 3.05) is 18.9 Å². The molecule has 4 atom stereocenters. The third-order valence-corrected chi connectivity index (χ3v) is 7.56. The highest BCUT2D eigenvalue weighted by atomic mass is 16.2. The number of likely N-dealkylation sites (tertiary alicyclic amines) is 1. The predicted molar refractivity (Wildman–Crippen MR) is 139 cm³/mol. The van der Waals surface area contributed by atoms with Crippen molar-refractivity contribution < 1.29 is 9.59 Å². The minimum Gasteiger partial charge on any atom is -0.356 e. The lowest BCUT2D eigenvalue weighted by atomic mass is 9.84. The van der Waals surface area contributed by atoms with E-state index >= 15 is 0 Å². The SMILES string of the molecule is CC(=O)N[C@@H]1C[C@H](N(C)C(C)C)CC[C@@H]1N1CC[C@H](Nc2ncnc3cnc(C(C)(C)C)nc23)C1=O. The Morgan fingerprint density at radius 1 is 1.17 bits per heavy atom. The van der Waals surface area contributed by atoms with Gasteiger partial charge in [-0.2, -0.15) is 0 Å². The number of anilines is 1. The molecule has 2 amide bonds. The van der Waals surface area contributed by atoms with Gasteiger partial charge in [-0.1, -0.05) is 20.8 Å². The van der Waals surface area contributed by atoms with E-state index < -0.39 is 6.04 Å². The van der Waals surface area contributed by atoms with Crippen LogP contribution in [0.25, 0.3) is 11.0 Å². The summed E-state index contributed by atoms with van der Waals surface area (Å²) in [5, 5.41) is 6.50. The molecule has 2 fully saturated rings. The van der Waals surface area contributed by atoms with Crippen LogP contribution in [0.4, 0.5) is 5.82 Å². The van der Waals surface area contributed by atoms with Crippen molar-refractivity contribution in [1.82, 2.24) is 35.1 Å². The molecule has 2 aliphatic rings. The highest BCUT2D eigenvalue weighted by Crippen LogP contribution is 2.31. The summed E-state index contributed by atoms with van der Waals surface area (Å²) in [5.74, 6) is 1.24. The normalized spacial score (nSPS) is 25.1. The fourth-order valence-electron chi connectivity index (χ4n) is 5.36. The number of carbonyl (C=O) groups excluding carboxylic acids is 2. The van der Waals surface area contributed by atoms with Gasteiger partial charge in [0.1, 0.15) is 29.2 Å². The van der Waals surface area contributed by atoms with Crippen LogP contribution in [0.5, 0.6) is 0 Å². The first-order valence-corrected chi connectivity index (χ1v) is 13.0. The molecule has 1 aliphatic heterocycles. The second-order valence-electron chi connectivity index (χ2n) is 11.5. The zero-order valence-corrected chi connectivity index (χ0v) is 22.6. The van der Waals surface area contributed by atoms with Gasteiger partial charge in [-0.3, -0.25) is 9.59 Å². The Balaban J connectivity index is 1.52. The number of rotatable bonds is 6.